The predicted molar refractivity (Wildman–Crippen MR) is 16.5 cm³/mol. The van der Waals surface area contributed by atoms with Crippen LogP contribution in [0.25, 0.3) is 0 Å². The first kappa shape index (κ1) is 15.7. The molecular formula is H4CuNO4S. The SMILES string of the molecule is O=S(=O)([O-])[O-].[Cu+].[NH4+]. The molecule has 4 N–H and O–H groups in total. The van der Waals surface area contributed by atoms with Gasteiger partial charge in [-0.1, -0.05) is 0 Å². The first-order valence-corrected chi connectivity index (χ1v) is 2.00. The van der Waals surface area contributed by atoms with Crippen molar-refractivity contribution in [2.75, 3.05) is 0 Å². The summed E-state index contributed by atoms with van der Waals surface area (Å²) in [5.74, 6) is 0. The molecule has 0 radical (unpaired) electrons. The summed E-state index contributed by atoms with van der Waals surface area (Å²) in [5, 5.41) is 0. The molecule has 0 saturated heterocycles. The zero-order chi connectivity index (χ0) is 4.50. The summed E-state index contributed by atoms with van der Waals surface area (Å²) in [5.41, 5.74) is 0. The quantitative estimate of drug-likeness (QED) is 0.291. The van der Waals surface area contributed by atoms with Crippen LogP contribution in [0.1, 0.15) is 0 Å². The van der Waals surface area contributed by atoms with Crippen molar-refractivity contribution in [1.82, 2.24) is 6.15 Å². The Morgan fingerprint density at radius 2 is 1.14 bits per heavy atom. The Kier molecular flexibility index (Phi) is 10.1. The smallest absolute Gasteiger partial charge is 0.759 e. The van der Waals surface area contributed by atoms with Crippen molar-refractivity contribution in [1.29, 1.82) is 0 Å². The maximum Gasteiger partial charge on any atom is 1.00 e. The van der Waals surface area contributed by atoms with Crippen LogP contribution in [-0.4, -0.2) is 17.5 Å². The zero-order valence-electron chi connectivity index (χ0n) is 3.34. The van der Waals surface area contributed by atoms with Gasteiger partial charge in [0.1, 0.15) is 0 Å². The largest absolute Gasteiger partial charge is 1.00 e. The molecule has 0 saturated carbocycles. The maximum absolute atomic E-state index is 8.52. The van der Waals surface area contributed by atoms with Crippen LogP contribution in [0.5, 0.6) is 0 Å². The maximum atomic E-state index is 8.52. The molecule has 0 bridgehead atoms. The molecule has 0 aliphatic rings. The van der Waals surface area contributed by atoms with E-state index in [1.54, 1.807) is 0 Å². The van der Waals surface area contributed by atoms with Crippen molar-refractivity contribution in [3.05, 3.63) is 0 Å². The van der Waals surface area contributed by atoms with E-state index in [2.05, 4.69) is 0 Å². The van der Waals surface area contributed by atoms with Crippen molar-refractivity contribution in [3.63, 3.8) is 0 Å². The van der Waals surface area contributed by atoms with E-state index in [1.165, 1.54) is 0 Å². The van der Waals surface area contributed by atoms with E-state index in [0.717, 1.165) is 0 Å². The molecule has 0 aliphatic heterocycles. The fourth-order valence-corrected chi connectivity index (χ4v) is 0. The second kappa shape index (κ2) is 4.51. The van der Waals surface area contributed by atoms with Gasteiger partial charge in [0, 0.05) is 10.4 Å². The summed E-state index contributed by atoms with van der Waals surface area (Å²) >= 11 is 0. The van der Waals surface area contributed by atoms with Crippen LogP contribution in [0.15, 0.2) is 0 Å². The summed E-state index contributed by atoms with van der Waals surface area (Å²) in [6.45, 7) is 0. The summed E-state index contributed by atoms with van der Waals surface area (Å²) < 4.78 is 34.1. The average Bonchev–Trinajstić information content (AvgIpc) is 0.722. The van der Waals surface area contributed by atoms with E-state index in [-0.39, 0.29) is 23.2 Å². The third-order valence-electron chi connectivity index (χ3n) is 0. The summed E-state index contributed by atoms with van der Waals surface area (Å²) in [4.78, 5) is 0. The van der Waals surface area contributed by atoms with Gasteiger partial charge in [-0.2, -0.15) is 0 Å². The van der Waals surface area contributed by atoms with Crippen LogP contribution in [0.2, 0.25) is 0 Å². The molecular weight excluding hydrogens is 174 g/mol. The summed E-state index contributed by atoms with van der Waals surface area (Å²) in [6.07, 6.45) is 0. The van der Waals surface area contributed by atoms with Crippen molar-refractivity contribution in [3.8, 4) is 0 Å². The van der Waals surface area contributed by atoms with Crippen molar-refractivity contribution in [2.24, 2.45) is 0 Å². The van der Waals surface area contributed by atoms with Crippen LogP contribution < -0.4 is 6.15 Å². The van der Waals surface area contributed by atoms with E-state index < -0.39 is 10.4 Å². The second-order valence-electron chi connectivity index (χ2n) is 0.408. The number of hydrogen-bond acceptors (Lipinski definition) is 4. The minimum absolute atomic E-state index is 0. The van der Waals surface area contributed by atoms with Crippen LogP contribution >= 0.6 is 0 Å². The van der Waals surface area contributed by atoms with Gasteiger partial charge in [-0.05, 0) is 0 Å². The average molecular weight is 178 g/mol. The van der Waals surface area contributed by atoms with Gasteiger partial charge in [0.25, 0.3) is 0 Å². The Labute approximate surface area is 51.7 Å². The van der Waals surface area contributed by atoms with Gasteiger partial charge in [0.2, 0.25) is 0 Å². The number of quaternary nitrogens is 1. The van der Waals surface area contributed by atoms with Crippen molar-refractivity contribution in [2.45, 2.75) is 0 Å². The van der Waals surface area contributed by atoms with Gasteiger partial charge in [-0.15, -0.1) is 0 Å². The molecule has 0 spiro atoms. The van der Waals surface area contributed by atoms with Gasteiger partial charge in [0.05, 0.1) is 0 Å². The fourth-order valence-electron chi connectivity index (χ4n) is 0. The predicted octanol–water partition coefficient (Wildman–Crippen LogP) is -0.964. The molecule has 0 rings (SSSR count). The fraction of sp³-hybridized carbons (Fsp3) is 0. The second-order valence-corrected chi connectivity index (χ2v) is 1.22. The molecule has 0 atom stereocenters. The van der Waals surface area contributed by atoms with Crippen LogP contribution in [0, 0.1) is 0 Å². The Morgan fingerprint density at radius 1 is 1.14 bits per heavy atom. The van der Waals surface area contributed by atoms with E-state index in [9.17, 15) is 0 Å². The molecule has 0 unspecified atom stereocenters. The zero-order valence-corrected chi connectivity index (χ0v) is 5.10. The normalized spacial score (nSPS) is 8.29. The number of rotatable bonds is 0. The minimum Gasteiger partial charge on any atom is -0.759 e. The molecule has 0 aromatic rings. The third kappa shape index (κ3) is 983. The van der Waals surface area contributed by atoms with E-state index in [1.807, 2.05) is 0 Å². The van der Waals surface area contributed by atoms with Gasteiger partial charge in [-0.3, -0.25) is 8.42 Å². The van der Waals surface area contributed by atoms with Crippen LogP contribution in [-0.2, 0) is 27.5 Å². The van der Waals surface area contributed by atoms with Gasteiger partial charge >= 0.3 is 17.1 Å². The van der Waals surface area contributed by atoms with E-state index in [4.69, 9.17) is 17.5 Å². The molecule has 7 heavy (non-hydrogen) atoms. The molecule has 0 fully saturated rings. The van der Waals surface area contributed by atoms with E-state index in [0.29, 0.717) is 0 Å². The van der Waals surface area contributed by atoms with Gasteiger partial charge in [0.15, 0.2) is 0 Å². The minimum atomic E-state index is -5.17. The third-order valence-corrected chi connectivity index (χ3v) is 0. The first-order chi connectivity index (χ1) is 2.00. The van der Waals surface area contributed by atoms with Crippen LogP contribution in [0.3, 0.4) is 0 Å². The molecule has 0 heterocycles. The van der Waals surface area contributed by atoms with Crippen molar-refractivity contribution < 1.29 is 34.6 Å². The van der Waals surface area contributed by atoms with Crippen molar-refractivity contribution >= 4 is 10.4 Å². The van der Waals surface area contributed by atoms with Crippen LogP contribution in [0.4, 0.5) is 0 Å². The molecule has 50 valence electrons. The Morgan fingerprint density at radius 3 is 1.14 bits per heavy atom. The number of hydrogen-bond donors (Lipinski definition) is 1. The summed E-state index contributed by atoms with van der Waals surface area (Å²) in [7, 11) is -5.17. The van der Waals surface area contributed by atoms with Gasteiger partial charge < -0.3 is 15.3 Å². The molecule has 0 aliphatic carbocycles. The Bertz CT molecular complexity index is 94.9. The molecule has 7 heteroatoms. The molecule has 0 aromatic carbocycles. The summed E-state index contributed by atoms with van der Waals surface area (Å²) in [6, 6.07) is 0. The first-order valence-electron chi connectivity index (χ1n) is 0.667. The molecule has 0 aromatic heterocycles. The standard InChI is InChI=1S/Cu.H3N.H2O4S/c;;1-5(2,3)4/h;1H3;(H2,1,2,3,4)/q+1;;/p-1. The van der Waals surface area contributed by atoms with Gasteiger partial charge in [-0.25, -0.2) is 0 Å². The molecule has 0 amide bonds. The topological polar surface area (TPSA) is 117 Å². The Hall–Kier alpha value is 0.349. The molecule has 5 nitrogen and oxygen atoms in total. The Balaban J connectivity index is -0.0000000800. The van der Waals surface area contributed by atoms with E-state index >= 15 is 0 Å². The monoisotopic (exact) mass is 177 g/mol.